The molecule has 1 aromatic heterocycles. The fourth-order valence-corrected chi connectivity index (χ4v) is 2.64. The van der Waals surface area contributed by atoms with Crippen LogP contribution in [0, 0.1) is 0 Å². The maximum atomic E-state index is 11.3. The molecule has 1 aliphatic rings. The van der Waals surface area contributed by atoms with Gasteiger partial charge in [-0.3, -0.25) is 9.78 Å². The second-order valence-electron chi connectivity index (χ2n) is 5.34. The average Bonchev–Trinajstić information content (AvgIpc) is 2.88. The van der Waals surface area contributed by atoms with Gasteiger partial charge in [0, 0.05) is 45.5 Å². The van der Waals surface area contributed by atoms with Crippen molar-refractivity contribution in [3.8, 4) is 0 Å². The first-order chi connectivity index (χ1) is 9.16. The lowest BCUT2D eigenvalue weighted by atomic mass is 10.1. The Balaban J connectivity index is 1.70. The van der Waals surface area contributed by atoms with E-state index < -0.39 is 0 Å². The fourth-order valence-electron chi connectivity index (χ4n) is 2.64. The molecule has 2 rings (SSSR count). The highest BCUT2D eigenvalue weighted by Gasteiger charge is 2.26. The molecule has 0 bridgehead atoms. The zero-order valence-corrected chi connectivity index (χ0v) is 11.9. The van der Waals surface area contributed by atoms with Gasteiger partial charge in [0.05, 0.1) is 0 Å². The second kappa shape index (κ2) is 6.66. The van der Waals surface area contributed by atoms with Crippen molar-refractivity contribution in [2.45, 2.75) is 32.2 Å². The Morgan fingerprint density at radius 2 is 2.42 bits per heavy atom. The Labute approximate surface area is 115 Å². The zero-order chi connectivity index (χ0) is 13.7. The molecule has 0 saturated carbocycles. The highest BCUT2D eigenvalue weighted by Crippen LogP contribution is 2.15. The number of carbonyl (C=O) groups is 1. The molecule has 0 aromatic carbocycles. The molecule has 0 N–H and O–H groups in total. The molecule has 0 aliphatic carbocycles. The van der Waals surface area contributed by atoms with E-state index in [4.69, 9.17) is 0 Å². The number of hydrogen-bond acceptors (Lipinski definition) is 3. The zero-order valence-electron chi connectivity index (χ0n) is 11.9. The largest absolute Gasteiger partial charge is 0.342 e. The standard InChI is InChI=1S/C15H23N3O/c1-13(19)17(2)15-7-10-18(12-15)9-4-6-14-5-3-8-16-11-14/h3,5,8,11,15H,4,6-7,9-10,12H2,1-2H3/t15-/m0/s1. The lowest BCUT2D eigenvalue weighted by Crippen LogP contribution is -2.37. The molecular formula is C15H23N3O. The van der Waals surface area contributed by atoms with E-state index >= 15 is 0 Å². The van der Waals surface area contributed by atoms with E-state index in [1.807, 2.05) is 30.4 Å². The predicted molar refractivity (Wildman–Crippen MR) is 75.8 cm³/mol. The molecule has 104 valence electrons. The summed E-state index contributed by atoms with van der Waals surface area (Å²) in [6.45, 7) is 4.88. The summed E-state index contributed by atoms with van der Waals surface area (Å²) in [7, 11) is 1.91. The molecule has 1 aromatic rings. The molecule has 1 atom stereocenters. The fraction of sp³-hybridized carbons (Fsp3) is 0.600. The van der Waals surface area contributed by atoms with Crippen LogP contribution < -0.4 is 0 Å². The Hall–Kier alpha value is -1.42. The normalized spacial score (nSPS) is 19.6. The van der Waals surface area contributed by atoms with E-state index in [0.29, 0.717) is 6.04 Å². The van der Waals surface area contributed by atoms with E-state index in [9.17, 15) is 4.79 Å². The van der Waals surface area contributed by atoms with Gasteiger partial charge in [-0.15, -0.1) is 0 Å². The number of hydrogen-bond donors (Lipinski definition) is 0. The Bertz CT molecular complexity index is 407. The van der Waals surface area contributed by atoms with Crippen molar-refractivity contribution in [2.24, 2.45) is 0 Å². The summed E-state index contributed by atoms with van der Waals surface area (Å²) in [5.41, 5.74) is 1.30. The van der Waals surface area contributed by atoms with Gasteiger partial charge in [-0.25, -0.2) is 0 Å². The average molecular weight is 261 g/mol. The third-order valence-electron chi connectivity index (χ3n) is 3.95. The van der Waals surface area contributed by atoms with Crippen molar-refractivity contribution < 1.29 is 4.79 Å². The Morgan fingerprint density at radius 3 is 3.11 bits per heavy atom. The summed E-state index contributed by atoms with van der Waals surface area (Å²) in [4.78, 5) is 19.8. The third-order valence-corrected chi connectivity index (χ3v) is 3.95. The van der Waals surface area contributed by atoms with E-state index in [1.54, 1.807) is 6.92 Å². The van der Waals surface area contributed by atoms with Gasteiger partial charge in [0.2, 0.25) is 5.91 Å². The number of nitrogens with zero attached hydrogens (tertiary/aromatic N) is 3. The molecule has 1 aliphatic heterocycles. The Morgan fingerprint density at radius 1 is 1.58 bits per heavy atom. The van der Waals surface area contributed by atoms with Gasteiger partial charge in [-0.1, -0.05) is 6.07 Å². The minimum atomic E-state index is 0.169. The minimum absolute atomic E-state index is 0.169. The van der Waals surface area contributed by atoms with Gasteiger partial charge in [-0.2, -0.15) is 0 Å². The van der Waals surface area contributed by atoms with Gasteiger partial charge < -0.3 is 9.80 Å². The molecule has 0 spiro atoms. The van der Waals surface area contributed by atoms with Crippen molar-refractivity contribution >= 4 is 5.91 Å². The first-order valence-corrected chi connectivity index (χ1v) is 7.01. The van der Waals surface area contributed by atoms with Gasteiger partial charge in [0.25, 0.3) is 0 Å². The predicted octanol–water partition coefficient (Wildman–Crippen LogP) is 1.57. The quantitative estimate of drug-likeness (QED) is 0.807. The molecule has 0 unspecified atom stereocenters. The van der Waals surface area contributed by atoms with Gasteiger partial charge in [-0.05, 0) is 37.4 Å². The summed E-state index contributed by atoms with van der Waals surface area (Å²) < 4.78 is 0. The number of likely N-dealkylation sites (tertiary alicyclic amines) is 1. The number of aromatic nitrogens is 1. The maximum Gasteiger partial charge on any atom is 0.219 e. The molecule has 4 nitrogen and oxygen atoms in total. The van der Waals surface area contributed by atoms with E-state index in [1.165, 1.54) is 5.56 Å². The van der Waals surface area contributed by atoms with Crippen LogP contribution in [0.1, 0.15) is 25.3 Å². The van der Waals surface area contributed by atoms with Crippen LogP contribution in [-0.4, -0.2) is 53.4 Å². The molecule has 1 fully saturated rings. The monoisotopic (exact) mass is 261 g/mol. The van der Waals surface area contributed by atoms with E-state index in [2.05, 4.69) is 16.0 Å². The summed E-state index contributed by atoms with van der Waals surface area (Å²) in [5, 5.41) is 0. The Kier molecular flexibility index (Phi) is 4.91. The lowest BCUT2D eigenvalue weighted by molar-refractivity contribution is -0.129. The van der Waals surface area contributed by atoms with Crippen LogP contribution in [0.3, 0.4) is 0 Å². The lowest BCUT2D eigenvalue weighted by Gasteiger charge is -2.23. The molecular weight excluding hydrogens is 238 g/mol. The molecule has 4 heteroatoms. The van der Waals surface area contributed by atoms with E-state index in [-0.39, 0.29) is 5.91 Å². The number of carbonyl (C=O) groups excluding carboxylic acids is 1. The molecule has 1 amide bonds. The first-order valence-electron chi connectivity index (χ1n) is 7.01. The van der Waals surface area contributed by atoms with Crippen molar-refractivity contribution in [1.29, 1.82) is 0 Å². The SMILES string of the molecule is CC(=O)N(C)[C@H]1CCN(CCCc2cccnc2)C1. The van der Waals surface area contributed by atoms with Crippen molar-refractivity contribution in [3.63, 3.8) is 0 Å². The highest BCUT2D eigenvalue weighted by molar-refractivity contribution is 5.73. The van der Waals surface area contributed by atoms with Crippen molar-refractivity contribution in [2.75, 3.05) is 26.7 Å². The summed E-state index contributed by atoms with van der Waals surface area (Å²) in [6.07, 6.45) is 7.09. The van der Waals surface area contributed by atoms with Crippen LogP contribution in [0.4, 0.5) is 0 Å². The highest BCUT2D eigenvalue weighted by atomic mass is 16.2. The topological polar surface area (TPSA) is 36.4 Å². The van der Waals surface area contributed by atoms with Crippen molar-refractivity contribution in [3.05, 3.63) is 30.1 Å². The van der Waals surface area contributed by atoms with Crippen LogP contribution >= 0.6 is 0 Å². The van der Waals surface area contributed by atoms with Gasteiger partial charge >= 0.3 is 0 Å². The number of aryl methyl sites for hydroxylation is 1. The number of likely N-dealkylation sites (N-methyl/N-ethyl adjacent to an activating group) is 1. The summed E-state index contributed by atoms with van der Waals surface area (Å²) in [6, 6.07) is 4.52. The molecule has 19 heavy (non-hydrogen) atoms. The number of amides is 1. The van der Waals surface area contributed by atoms with Crippen LogP contribution in [-0.2, 0) is 11.2 Å². The summed E-state index contributed by atoms with van der Waals surface area (Å²) in [5.74, 6) is 0.169. The number of pyridine rings is 1. The first kappa shape index (κ1) is 14.0. The van der Waals surface area contributed by atoms with Crippen molar-refractivity contribution in [1.82, 2.24) is 14.8 Å². The second-order valence-corrected chi connectivity index (χ2v) is 5.34. The summed E-state index contributed by atoms with van der Waals surface area (Å²) >= 11 is 0. The van der Waals surface area contributed by atoms with Crippen LogP contribution in [0.15, 0.2) is 24.5 Å². The number of rotatable bonds is 5. The molecule has 1 saturated heterocycles. The van der Waals surface area contributed by atoms with E-state index in [0.717, 1.165) is 38.9 Å². The van der Waals surface area contributed by atoms with Crippen LogP contribution in [0.25, 0.3) is 0 Å². The minimum Gasteiger partial charge on any atom is -0.342 e. The smallest absolute Gasteiger partial charge is 0.219 e. The molecule has 0 radical (unpaired) electrons. The maximum absolute atomic E-state index is 11.3. The van der Waals surface area contributed by atoms with Gasteiger partial charge in [0.1, 0.15) is 0 Å². The van der Waals surface area contributed by atoms with Crippen LogP contribution in [0.5, 0.6) is 0 Å². The van der Waals surface area contributed by atoms with Crippen LogP contribution in [0.2, 0.25) is 0 Å². The molecule has 2 heterocycles. The third kappa shape index (κ3) is 4.03. The van der Waals surface area contributed by atoms with Gasteiger partial charge in [0.15, 0.2) is 0 Å².